The van der Waals surface area contributed by atoms with Crippen molar-refractivity contribution >= 4 is 5.96 Å². The Labute approximate surface area is 173 Å². The Hall–Kier alpha value is -2.38. The minimum Gasteiger partial charge on any atom is -0.381 e. The summed E-state index contributed by atoms with van der Waals surface area (Å²) in [7, 11) is 1.79. The van der Waals surface area contributed by atoms with Crippen molar-refractivity contribution in [2.24, 2.45) is 4.99 Å². The fourth-order valence-corrected chi connectivity index (χ4v) is 3.51. The van der Waals surface area contributed by atoms with Gasteiger partial charge in [-0.05, 0) is 50.8 Å². The van der Waals surface area contributed by atoms with Gasteiger partial charge in [-0.1, -0.05) is 18.2 Å². The molecule has 0 atom stereocenters. The number of hydrogen-bond donors (Lipinski definition) is 2. The molecule has 7 nitrogen and oxygen atoms in total. The van der Waals surface area contributed by atoms with E-state index in [1.54, 1.807) is 7.05 Å². The topological polar surface area (TPSA) is 72.7 Å². The smallest absolute Gasteiger partial charge is 0.191 e. The summed E-state index contributed by atoms with van der Waals surface area (Å²) in [4.78, 5) is 4.33. The van der Waals surface area contributed by atoms with Gasteiger partial charge in [0.15, 0.2) is 5.96 Å². The minimum atomic E-state index is 0.354. The number of rotatable bonds is 8. The Morgan fingerprint density at radius 3 is 2.76 bits per heavy atom. The maximum Gasteiger partial charge on any atom is 0.191 e. The molecule has 1 fully saturated rings. The summed E-state index contributed by atoms with van der Waals surface area (Å²) in [5.41, 5.74) is 4.41. The van der Waals surface area contributed by atoms with E-state index >= 15 is 0 Å². The second-order valence-electron chi connectivity index (χ2n) is 7.36. The number of ether oxygens (including phenoxy) is 2. The first-order valence-electron chi connectivity index (χ1n) is 10.4. The number of aromatic nitrogens is 2. The predicted molar refractivity (Wildman–Crippen MR) is 116 cm³/mol. The summed E-state index contributed by atoms with van der Waals surface area (Å²) >= 11 is 0. The zero-order chi connectivity index (χ0) is 20.5. The van der Waals surface area contributed by atoms with Crippen LogP contribution in [0.2, 0.25) is 0 Å². The standard InChI is InChI=1S/C22H33N5O2/c1-17-15-18(2)27(26-17)21-8-5-4-7-19(21)16-25-22(23-3)24-11-6-12-29-20-9-13-28-14-10-20/h4-5,7-8,15,20H,6,9-14,16H2,1-3H3,(H2,23,24,25). The van der Waals surface area contributed by atoms with Crippen molar-refractivity contribution in [3.8, 4) is 5.69 Å². The van der Waals surface area contributed by atoms with Gasteiger partial charge in [-0.3, -0.25) is 4.99 Å². The Morgan fingerprint density at radius 2 is 2.03 bits per heavy atom. The maximum atomic E-state index is 5.92. The molecule has 158 valence electrons. The summed E-state index contributed by atoms with van der Waals surface area (Å²) in [6, 6.07) is 10.4. The molecule has 0 bridgehead atoms. The van der Waals surface area contributed by atoms with Crippen molar-refractivity contribution < 1.29 is 9.47 Å². The van der Waals surface area contributed by atoms with E-state index in [9.17, 15) is 0 Å². The van der Waals surface area contributed by atoms with E-state index in [0.717, 1.165) is 68.7 Å². The predicted octanol–water partition coefficient (Wildman–Crippen LogP) is 2.74. The first-order chi connectivity index (χ1) is 14.2. The fraction of sp³-hybridized carbons (Fsp3) is 0.545. The van der Waals surface area contributed by atoms with Crippen LogP contribution in [0.5, 0.6) is 0 Å². The molecular formula is C22H33N5O2. The van der Waals surface area contributed by atoms with Gasteiger partial charge in [-0.15, -0.1) is 0 Å². The molecule has 1 aliphatic heterocycles. The summed E-state index contributed by atoms with van der Waals surface area (Å²) < 4.78 is 13.3. The van der Waals surface area contributed by atoms with Crippen molar-refractivity contribution in [3.63, 3.8) is 0 Å². The molecule has 1 aromatic heterocycles. The molecule has 0 radical (unpaired) electrons. The number of aryl methyl sites for hydroxylation is 2. The normalized spacial score (nSPS) is 15.5. The van der Waals surface area contributed by atoms with Crippen LogP contribution in [-0.4, -0.2) is 55.3 Å². The van der Waals surface area contributed by atoms with Crippen LogP contribution < -0.4 is 10.6 Å². The largest absolute Gasteiger partial charge is 0.381 e. The number of nitrogens with one attached hydrogen (secondary N) is 2. The lowest BCUT2D eigenvalue weighted by atomic mass is 10.1. The van der Waals surface area contributed by atoms with E-state index in [2.05, 4.69) is 51.9 Å². The third-order valence-corrected chi connectivity index (χ3v) is 5.03. The third kappa shape index (κ3) is 6.30. The average molecular weight is 400 g/mol. The summed E-state index contributed by atoms with van der Waals surface area (Å²) in [5, 5.41) is 11.4. The lowest BCUT2D eigenvalue weighted by Gasteiger charge is -2.22. The number of para-hydroxylation sites is 1. The zero-order valence-electron chi connectivity index (χ0n) is 17.8. The van der Waals surface area contributed by atoms with Crippen LogP contribution in [0, 0.1) is 13.8 Å². The van der Waals surface area contributed by atoms with Crippen LogP contribution >= 0.6 is 0 Å². The van der Waals surface area contributed by atoms with Gasteiger partial charge in [0.1, 0.15) is 0 Å². The Morgan fingerprint density at radius 1 is 1.24 bits per heavy atom. The first kappa shape index (κ1) is 21.3. The Bertz CT molecular complexity index is 796. The van der Waals surface area contributed by atoms with Gasteiger partial charge in [-0.2, -0.15) is 5.10 Å². The van der Waals surface area contributed by atoms with Gasteiger partial charge in [0.2, 0.25) is 0 Å². The molecule has 1 aliphatic rings. The molecule has 0 saturated carbocycles. The molecule has 2 aromatic rings. The van der Waals surface area contributed by atoms with Gasteiger partial charge in [-0.25, -0.2) is 4.68 Å². The number of aliphatic imine (C=N–C) groups is 1. The van der Waals surface area contributed by atoms with E-state index in [-0.39, 0.29) is 0 Å². The van der Waals surface area contributed by atoms with Crippen LogP contribution in [0.25, 0.3) is 5.69 Å². The van der Waals surface area contributed by atoms with Gasteiger partial charge >= 0.3 is 0 Å². The molecule has 2 N–H and O–H groups in total. The molecule has 7 heteroatoms. The number of guanidine groups is 1. The average Bonchev–Trinajstić information content (AvgIpc) is 3.08. The molecule has 0 spiro atoms. The van der Waals surface area contributed by atoms with E-state index in [4.69, 9.17) is 9.47 Å². The fourth-order valence-electron chi connectivity index (χ4n) is 3.51. The molecule has 1 aromatic carbocycles. The molecule has 3 rings (SSSR count). The van der Waals surface area contributed by atoms with Crippen molar-refractivity contribution in [3.05, 3.63) is 47.3 Å². The van der Waals surface area contributed by atoms with Crippen molar-refractivity contribution in [2.45, 2.75) is 45.8 Å². The van der Waals surface area contributed by atoms with Crippen LogP contribution in [-0.2, 0) is 16.0 Å². The van der Waals surface area contributed by atoms with E-state index in [0.29, 0.717) is 12.6 Å². The lowest BCUT2D eigenvalue weighted by Crippen LogP contribution is -2.38. The number of hydrogen-bond acceptors (Lipinski definition) is 4. The minimum absolute atomic E-state index is 0.354. The molecular weight excluding hydrogens is 366 g/mol. The van der Waals surface area contributed by atoms with Crippen molar-refractivity contribution in [2.75, 3.05) is 33.4 Å². The molecule has 0 aliphatic carbocycles. The third-order valence-electron chi connectivity index (χ3n) is 5.03. The van der Waals surface area contributed by atoms with Crippen LogP contribution in [0.15, 0.2) is 35.3 Å². The van der Waals surface area contributed by atoms with Gasteiger partial charge < -0.3 is 20.1 Å². The van der Waals surface area contributed by atoms with Crippen molar-refractivity contribution in [1.29, 1.82) is 0 Å². The number of nitrogens with zero attached hydrogens (tertiary/aromatic N) is 3. The van der Waals surface area contributed by atoms with E-state index in [1.165, 1.54) is 5.56 Å². The highest BCUT2D eigenvalue weighted by atomic mass is 16.5. The Balaban J connectivity index is 1.45. The summed E-state index contributed by atoms with van der Waals surface area (Å²) in [6.45, 7) is 7.98. The van der Waals surface area contributed by atoms with Crippen LogP contribution in [0.1, 0.15) is 36.2 Å². The monoisotopic (exact) mass is 399 g/mol. The quantitative estimate of drug-likeness (QED) is 0.406. The molecule has 0 unspecified atom stereocenters. The van der Waals surface area contributed by atoms with E-state index < -0.39 is 0 Å². The first-order valence-corrected chi connectivity index (χ1v) is 10.4. The number of benzene rings is 1. The molecule has 29 heavy (non-hydrogen) atoms. The highest BCUT2D eigenvalue weighted by Crippen LogP contribution is 2.17. The summed E-state index contributed by atoms with van der Waals surface area (Å²) in [6.07, 6.45) is 3.31. The second kappa shape index (κ2) is 11.0. The zero-order valence-corrected chi connectivity index (χ0v) is 17.8. The highest BCUT2D eigenvalue weighted by Gasteiger charge is 2.13. The highest BCUT2D eigenvalue weighted by molar-refractivity contribution is 5.79. The molecule has 1 saturated heterocycles. The van der Waals surface area contributed by atoms with Crippen LogP contribution in [0.3, 0.4) is 0 Å². The Kier molecular flexibility index (Phi) is 8.07. The lowest BCUT2D eigenvalue weighted by molar-refractivity contribution is -0.0320. The summed E-state index contributed by atoms with van der Waals surface area (Å²) in [5.74, 6) is 0.791. The van der Waals surface area contributed by atoms with E-state index in [1.807, 2.05) is 17.7 Å². The second-order valence-corrected chi connectivity index (χ2v) is 7.36. The van der Waals surface area contributed by atoms with Gasteiger partial charge in [0.25, 0.3) is 0 Å². The van der Waals surface area contributed by atoms with Gasteiger partial charge in [0.05, 0.1) is 17.5 Å². The van der Waals surface area contributed by atoms with Crippen LogP contribution in [0.4, 0.5) is 0 Å². The maximum absolute atomic E-state index is 5.92. The molecule has 0 amide bonds. The van der Waals surface area contributed by atoms with Gasteiger partial charge in [0, 0.05) is 45.7 Å². The molecule has 2 heterocycles. The SMILES string of the molecule is CN=C(NCCCOC1CCOCC1)NCc1ccccc1-n1nc(C)cc1C. The van der Waals surface area contributed by atoms with Crippen molar-refractivity contribution in [1.82, 2.24) is 20.4 Å².